The Kier molecular flexibility index (Phi) is 10.3. The number of aryl methyl sites for hydroxylation is 2. The Hall–Kier alpha value is -3.21. The Morgan fingerprint density at radius 2 is 2.00 bits per heavy atom. The van der Waals surface area contributed by atoms with Crippen molar-refractivity contribution in [2.24, 2.45) is 18.5 Å². The first kappa shape index (κ1) is 30.3. The molecule has 9 N–H and O–H groups in total. The van der Waals surface area contributed by atoms with Gasteiger partial charge in [0.25, 0.3) is 15.9 Å². The number of aliphatic carboxylic acids is 1. The van der Waals surface area contributed by atoms with Crippen LogP contribution in [0.15, 0.2) is 40.6 Å². The van der Waals surface area contributed by atoms with Crippen LogP contribution in [0.25, 0.3) is 0 Å². The van der Waals surface area contributed by atoms with Crippen molar-refractivity contribution in [2.75, 3.05) is 16.6 Å². The van der Waals surface area contributed by atoms with Crippen LogP contribution in [0.2, 0.25) is 5.15 Å². The molecule has 0 spiro atoms. The maximum absolute atomic E-state index is 13.2. The minimum absolute atomic E-state index is 0.0305. The van der Waals surface area contributed by atoms with Gasteiger partial charge >= 0.3 is 5.97 Å². The van der Waals surface area contributed by atoms with E-state index in [9.17, 15) is 23.1 Å². The number of halogens is 1. The van der Waals surface area contributed by atoms with E-state index in [-0.39, 0.29) is 21.9 Å². The first-order chi connectivity index (χ1) is 18.4. The van der Waals surface area contributed by atoms with E-state index in [0.29, 0.717) is 30.4 Å². The molecular weight excluding hydrogens is 568 g/mol. The molecule has 3 rings (SSSR count). The molecule has 2 heterocycles. The zero-order valence-electron chi connectivity index (χ0n) is 21.3. The third-order valence-corrected chi connectivity index (χ3v) is 8.40. The number of hydrogen-bond donors (Lipinski definition) is 7. The van der Waals surface area contributed by atoms with Gasteiger partial charge in [0, 0.05) is 24.8 Å². The van der Waals surface area contributed by atoms with Gasteiger partial charge in [0.05, 0.1) is 16.3 Å². The molecule has 0 radical (unpaired) electrons. The predicted molar refractivity (Wildman–Crippen MR) is 150 cm³/mol. The molecule has 1 aromatic carbocycles. The number of aromatic nitrogens is 2. The predicted octanol–water partition coefficient (Wildman–Crippen LogP) is 1.61. The first-order valence-electron chi connectivity index (χ1n) is 11.8. The van der Waals surface area contributed by atoms with Gasteiger partial charge in [-0.05, 0) is 56.0 Å². The van der Waals surface area contributed by atoms with Crippen molar-refractivity contribution in [1.82, 2.24) is 20.4 Å². The highest BCUT2D eigenvalue weighted by molar-refractivity contribution is 7.92. The van der Waals surface area contributed by atoms with Gasteiger partial charge in [0.15, 0.2) is 0 Å². The highest BCUT2D eigenvalue weighted by Gasteiger charge is 2.25. The summed E-state index contributed by atoms with van der Waals surface area (Å²) in [6.07, 6.45) is -0.218. The van der Waals surface area contributed by atoms with Crippen molar-refractivity contribution in [3.05, 3.63) is 57.0 Å². The van der Waals surface area contributed by atoms with E-state index >= 15 is 0 Å². The first-order valence-corrected chi connectivity index (χ1v) is 14.5. The summed E-state index contributed by atoms with van der Waals surface area (Å²) in [6.45, 7) is 2.53. The number of nitrogens with one attached hydrogen (secondary N) is 4. The van der Waals surface area contributed by atoms with E-state index in [0.717, 1.165) is 22.6 Å². The number of carbonyl (C=O) groups is 2. The van der Waals surface area contributed by atoms with Gasteiger partial charge < -0.3 is 27.2 Å². The minimum atomic E-state index is -4.08. The number of carboxylic acid groups (broad SMARTS) is 1. The topological polar surface area (TPSA) is 206 Å². The number of nitrogens with two attached hydrogens (primary N) is 2. The zero-order chi connectivity index (χ0) is 28.7. The fraction of sp³-hybridized carbons (Fsp3) is 0.348. The smallest absolute Gasteiger partial charge is 0.326 e. The van der Waals surface area contributed by atoms with Crippen molar-refractivity contribution in [3.63, 3.8) is 0 Å². The molecular formula is C23H31ClN8O5S2. The SMILES string of the molecule is Cc1nn(C)c(Cl)c1CNc1cccc(S(=O)(=O)Nc2ccsc2C(=O)N[C@@H](CCCNC(N)N)C(=O)O)c1. The molecule has 0 saturated heterocycles. The van der Waals surface area contributed by atoms with Crippen LogP contribution >= 0.6 is 22.9 Å². The second-order valence-electron chi connectivity index (χ2n) is 8.62. The molecule has 0 aliphatic heterocycles. The Balaban J connectivity index is 1.68. The standard InChI is InChI=1S/C23H31ClN8O5S2/c1-13-16(20(24)32(2)30-13)12-28-14-5-3-6-15(11-14)39(36,37)31-17-8-10-38-19(17)21(33)29-18(22(34)35)7-4-9-27-23(25)26/h3,5-6,8,10-11,18,23,27-28,31H,4,7,9,12,25-26H2,1-2H3,(H,29,33)(H,34,35)/t18-/m0/s1. The van der Waals surface area contributed by atoms with Crippen LogP contribution in [0.5, 0.6) is 0 Å². The average Bonchev–Trinajstić information content (AvgIpc) is 3.42. The monoisotopic (exact) mass is 598 g/mol. The van der Waals surface area contributed by atoms with Gasteiger partial charge in [0.2, 0.25) is 0 Å². The van der Waals surface area contributed by atoms with E-state index in [4.69, 9.17) is 23.1 Å². The second-order valence-corrected chi connectivity index (χ2v) is 11.6. The molecule has 0 aliphatic carbocycles. The van der Waals surface area contributed by atoms with Gasteiger partial charge in [-0.2, -0.15) is 5.10 Å². The average molecular weight is 599 g/mol. The number of carbonyl (C=O) groups excluding carboxylic acids is 1. The molecule has 212 valence electrons. The van der Waals surface area contributed by atoms with E-state index in [1.54, 1.807) is 23.9 Å². The minimum Gasteiger partial charge on any atom is -0.480 e. The van der Waals surface area contributed by atoms with E-state index in [2.05, 4.69) is 25.8 Å². The van der Waals surface area contributed by atoms with Crippen molar-refractivity contribution in [1.29, 1.82) is 0 Å². The summed E-state index contributed by atoms with van der Waals surface area (Å²) in [5.41, 5.74) is 12.9. The van der Waals surface area contributed by atoms with E-state index in [1.165, 1.54) is 23.6 Å². The number of sulfonamides is 1. The molecule has 0 unspecified atom stereocenters. The number of thiophene rings is 1. The van der Waals surface area contributed by atoms with Crippen molar-refractivity contribution < 1.29 is 23.1 Å². The lowest BCUT2D eigenvalue weighted by Crippen LogP contribution is -2.46. The summed E-state index contributed by atoms with van der Waals surface area (Å²) < 4.78 is 30.3. The Bertz CT molecular complexity index is 1420. The molecule has 0 bridgehead atoms. The number of benzene rings is 1. The number of carboxylic acids is 1. The Morgan fingerprint density at radius 3 is 2.64 bits per heavy atom. The van der Waals surface area contributed by atoms with Crippen molar-refractivity contribution >= 4 is 56.2 Å². The normalized spacial score (nSPS) is 12.4. The summed E-state index contributed by atoms with van der Waals surface area (Å²) in [5.74, 6) is -1.93. The van der Waals surface area contributed by atoms with Crippen LogP contribution in [-0.4, -0.2) is 54.1 Å². The number of anilines is 2. The summed E-state index contributed by atoms with van der Waals surface area (Å²) in [7, 11) is -2.35. The second kappa shape index (κ2) is 13.2. The van der Waals surface area contributed by atoms with E-state index in [1.807, 2.05) is 6.92 Å². The lowest BCUT2D eigenvalue weighted by molar-refractivity contribution is -0.139. The van der Waals surface area contributed by atoms with Gasteiger partial charge in [-0.15, -0.1) is 11.3 Å². The number of amides is 1. The summed E-state index contributed by atoms with van der Waals surface area (Å²) >= 11 is 7.26. The Morgan fingerprint density at radius 1 is 1.26 bits per heavy atom. The van der Waals surface area contributed by atoms with Crippen molar-refractivity contribution in [2.45, 2.75) is 43.5 Å². The molecule has 0 aliphatic rings. The van der Waals surface area contributed by atoms with Gasteiger partial charge in [-0.1, -0.05) is 17.7 Å². The summed E-state index contributed by atoms with van der Waals surface area (Å²) in [6, 6.07) is 6.43. The number of hydrogen-bond acceptors (Lipinski definition) is 10. The van der Waals surface area contributed by atoms with Crippen LogP contribution in [0.4, 0.5) is 11.4 Å². The highest BCUT2D eigenvalue weighted by atomic mass is 35.5. The fourth-order valence-electron chi connectivity index (χ4n) is 3.66. The quantitative estimate of drug-likeness (QED) is 0.105. The summed E-state index contributed by atoms with van der Waals surface area (Å²) in [4.78, 5) is 24.5. The van der Waals surface area contributed by atoms with Crippen LogP contribution in [0.3, 0.4) is 0 Å². The lowest BCUT2D eigenvalue weighted by Gasteiger charge is -2.16. The molecule has 2 aromatic heterocycles. The molecule has 13 nitrogen and oxygen atoms in total. The largest absolute Gasteiger partial charge is 0.480 e. The molecule has 0 fully saturated rings. The van der Waals surface area contributed by atoms with Gasteiger partial charge in [-0.3, -0.25) is 19.5 Å². The number of nitrogens with zero attached hydrogens (tertiary/aromatic N) is 2. The zero-order valence-corrected chi connectivity index (χ0v) is 23.7. The lowest BCUT2D eigenvalue weighted by atomic mass is 10.1. The van der Waals surface area contributed by atoms with Crippen molar-refractivity contribution in [3.8, 4) is 0 Å². The Labute approximate surface area is 235 Å². The van der Waals surface area contributed by atoms with Crippen LogP contribution in [0, 0.1) is 6.92 Å². The fourth-order valence-corrected chi connectivity index (χ4v) is 5.84. The molecule has 16 heteroatoms. The third-order valence-electron chi connectivity index (χ3n) is 5.65. The molecule has 0 saturated carbocycles. The molecule has 1 atom stereocenters. The third kappa shape index (κ3) is 8.14. The maximum atomic E-state index is 13.2. The van der Waals surface area contributed by atoms with E-state index < -0.39 is 34.2 Å². The highest BCUT2D eigenvalue weighted by Crippen LogP contribution is 2.27. The van der Waals surface area contributed by atoms with Gasteiger partial charge in [0.1, 0.15) is 22.4 Å². The maximum Gasteiger partial charge on any atom is 0.326 e. The van der Waals surface area contributed by atoms with Crippen LogP contribution in [0.1, 0.15) is 33.8 Å². The van der Waals surface area contributed by atoms with Crippen LogP contribution in [-0.2, 0) is 28.4 Å². The van der Waals surface area contributed by atoms with Gasteiger partial charge in [-0.25, -0.2) is 13.2 Å². The summed E-state index contributed by atoms with van der Waals surface area (Å²) in [5, 5.41) is 24.1. The van der Waals surface area contributed by atoms with Crippen LogP contribution < -0.4 is 32.1 Å². The number of rotatable bonds is 14. The molecule has 1 amide bonds. The molecule has 39 heavy (non-hydrogen) atoms. The molecule has 3 aromatic rings.